The van der Waals surface area contributed by atoms with E-state index in [1.54, 1.807) is 12.1 Å². The Morgan fingerprint density at radius 2 is 1.79 bits per heavy atom. The van der Waals surface area contributed by atoms with Crippen molar-refractivity contribution in [1.29, 1.82) is 0 Å². The highest BCUT2D eigenvalue weighted by atomic mass is 16.5. The van der Waals surface area contributed by atoms with Crippen LogP contribution in [0.15, 0.2) is 48.5 Å². The number of benzene rings is 2. The normalized spacial score (nSPS) is 21.6. The predicted octanol–water partition coefficient (Wildman–Crippen LogP) is 2.07. The number of fused-ring (bicyclic) bond motifs is 1. The summed E-state index contributed by atoms with van der Waals surface area (Å²) < 4.78 is 5.65. The van der Waals surface area contributed by atoms with E-state index in [2.05, 4.69) is 0 Å². The van der Waals surface area contributed by atoms with Crippen molar-refractivity contribution in [3.05, 3.63) is 59.7 Å². The fraction of sp³-hybridized carbons (Fsp3) is 0.133. The molecule has 2 aromatic rings. The first-order valence-electron chi connectivity index (χ1n) is 5.94. The molecule has 1 aliphatic heterocycles. The molecule has 0 spiro atoms. The third-order valence-corrected chi connectivity index (χ3v) is 3.17. The van der Waals surface area contributed by atoms with Crippen molar-refractivity contribution in [2.24, 2.45) is 0 Å². The number of phenols is 1. The molecular formula is C15H12O4. The Bertz CT molecular complexity index is 621. The third kappa shape index (κ3) is 1.96. The molecule has 4 nitrogen and oxygen atoms in total. The molecule has 1 aliphatic rings. The Morgan fingerprint density at radius 1 is 1.05 bits per heavy atom. The Balaban J connectivity index is 2.05. The Hall–Kier alpha value is -2.33. The molecule has 0 bridgehead atoms. The van der Waals surface area contributed by atoms with E-state index in [0.29, 0.717) is 5.75 Å². The maximum atomic E-state index is 12.1. The molecule has 2 atom stereocenters. The number of ether oxygens (including phenoxy) is 1. The van der Waals surface area contributed by atoms with E-state index in [4.69, 9.17) is 4.74 Å². The van der Waals surface area contributed by atoms with Crippen molar-refractivity contribution in [2.75, 3.05) is 0 Å². The summed E-state index contributed by atoms with van der Waals surface area (Å²) in [4.78, 5) is 12.1. The molecule has 4 heteroatoms. The van der Waals surface area contributed by atoms with Crippen molar-refractivity contribution in [3.8, 4) is 11.5 Å². The number of carbonyl (C=O) groups excluding carboxylic acids is 1. The molecule has 2 aromatic carbocycles. The van der Waals surface area contributed by atoms with Crippen LogP contribution in [0.3, 0.4) is 0 Å². The van der Waals surface area contributed by atoms with Gasteiger partial charge in [0.15, 0.2) is 18.0 Å². The second-order valence-corrected chi connectivity index (χ2v) is 4.44. The molecule has 96 valence electrons. The van der Waals surface area contributed by atoms with Gasteiger partial charge in [0.1, 0.15) is 11.5 Å². The summed E-state index contributed by atoms with van der Waals surface area (Å²) in [7, 11) is 0. The SMILES string of the molecule is O=C1c2ccc(O)cc2O[C@H](c2ccccc2)[C@H]1O. The zero-order valence-corrected chi connectivity index (χ0v) is 9.98. The van der Waals surface area contributed by atoms with Gasteiger partial charge in [-0.05, 0) is 17.7 Å². The summed E-state index contributed by atoms with van der Waals surface area (Å²) in [6, 6.07) is 13.3. The van der Waals surface area contributed by atoms with Crippen molar-refractivity contribution < 1.29 is 19.7 Å². The molecule has 0 aromatic heterocycles. The van der Waals surface area contributed by atoms with E-state index in [0.717, 1.165) is 5.56 Å². The molecule has 0 radical (unpaired) electrons. The van der Waals surface area contributed by atoms with Gasteiger partial charge < -0.3 is 14.9 Å². The van der Waals surface area contributed by atoms with Gasteiger partial charge in [-0.25, -0.2) is 0 Å². The summed E-state index contributed by atoms with van der Waals surface area (Å²) in [6.07, 6.45) is -1.98. The smallest absolute Gasteiger partial charge is 0.199 e. The number of phenolic OH excluding ortho intramolecular Hbond substituents is 1. The number of hydrogen-bond donors (Lipinski definition) is 2. The monoisotopic (exact) mass is 256 g/mol. The lowest BCUT2D eigenvalue weighted by Gasteiger charge is -2.29. The molecule has 1 heterocycles. The van der Waals surface area contributed by atoms with Crippen LogP contribution >= 0.6 is 0 Å². The summed E-state index contributed by atoms with van der Waals surface area (Å²) in [5.74, 6) is -0.0750. The van der Waals surface area contributed by atoms with E-state index in [-0.39, 0.29) is 11.3 Å². The topological polar surface area (TPSA) is 66.8 Å². The molecule has 19 heavy (non-hydrogen) atoms. The number of hydrogen-bond acceptors (Lipinski definition) is 4. The first kappa shape index (κ1) is 11.7. The first-order valence-corrected chi connectivity index (χ1v) is 5.94. The maximum Gasteiger partial charge on any atom is 0.199 e. The maximum absolute atomic E-state index is 12.1. The van der Waals surface area contributed by atoms with E-state index >= 15 is 0 Å². The molecule has 2 N–H and O–H groups in total. The zero-order valence-electron chi connectivity index (χ0n) is 9.98. The molecule has 3 rings (SSSR count). The van der Waals surface area contributed by atoms with Crippen LogP contribution in [0.5, 0.6) is 11.5 Å². The van der Waals surface area contributed by atoms with Crippen LogP contribution in [0.2, 0.25) is 0 Å². The lowest BCUT2D eigenvalue weighted by molar-refractivity contribution is 0.0215. The number of aliphatic hydroxyl groups is 1. The molecule has 0 amide bonds. The van der Waals surface area contributed by atoms with Crippen LogP contribution in [0.4, 0.5) is 0 Å². The Morgan fingerprint density at radius 3 is 2.53 bits per heavy atom. The minimum Gasteiger partial charge on any atom is -0.508 e. The largest absolute Gasteiger partial charge is 0.508 e. The van der Waals surface area contributed by atoms with Crippen molar-refractivity contribution >= 4 is 5.78 Å². The van der Waals surface area contributed by atoms with Gasteiger partial charge in [0.2, 0.25) is 0 Å². The van der Waals surface area contributed by atoms with E-state index in [1.165, 1.54) is 18.2 Å². The number of Topliss-reactive ketones (excluding diaryl/α,β-unsaturated/α-hetero) is 1. The summed E-state index contributed by atoms with van der Waals surface area (Å²) in [5, 5.41) is 19.5. The van der Waals surface area contributed by atoms with Gasteiger partial charge in [-0.3, -0.25) is 4.79 Å². The quantitative estimate of drug-likeness (QED) is 0.819. The van der Waals surface area contributed by atoms with Crippen LogP contribution in [-0.2, 0) is 0 Å². The van der Waals surface area contributed by atoms with Crippen LogP contribution in [0.1, 0.15) is 22.0 Å². The molecule has 0 aliphatic carbocycles. The van der Waals surface area contributed by atoms with Gasteiger partial charge in [0.25, 0.3) is 0 Å². The minimum atomic E-state index is -1.24. The number of aliphatic hydroxyl groups excluding tert-OH is 1. The number of rotatable bonds is 1. The van der Waals surface area contributed by atoms with E-state index in [9.17, 15) is 15.0 Å². The van der Waals surface area contributed by atoms with Gasteiger partial charge in [0.05, 0.1) is 5.56 Å². The van der Waals surface area contributed by atoms with Crippen LogP contribution in [0, 0.1) is 0 Å². The number of carbonyl (C=O) groups is 1. The van der Waals surface area contributed by atoms with Gasteiger partial charge in [0, 0.05) is 6.07 Å². The lowest BCUT2D eigenvalue weighted by atomic mass is 9.93. The van der Waals surface area contributed by atoms with Crippen LogP contribution in [0.25, 0.3) is 0 Å². The molecular weight excluding hydrogens is 244 g/mol. The average Bonchev–Trinajstić information content (AvgIpc) is 2.43. The lowest BCUT2D eigenvalue weighted by Crippen LogP contribution is -2.36. The highest BCUT2D eigenvalue weighted by Gasteiger charge is 2.36. The predicted molar refractivity (Wildman–Crippen MR) is 68.3 cm³/mol. The highest BCUT2D eigenvalue weighted by molar-refractivity contribution is 6.03. The molecule has 0 fully saturated rings. The second-order valence-electron chi connectivity index (χ2n) is 4.44. The number of aromatic hydroxyl groups is 1. The minimum absolute atomic E-state index is 0.0229. The van der Waals surface area contributed by atoms with Gasteiger partial charge in [-0.1, -0.05) is 30.3 Å². The summed E-state index contributed by atoms with van der Waals surface area (Å²) in [5.41, 5.74) is 1.01. The van der Waals surface area contributed by atoms with Gasteiger partial charge in [-0.15, -0.1) is 0 Å². The van der Waals surface area contributed by atoms with E-state index in [1.807, 2.05) is 18.2 Å². The molecule has 0 saturated heterocycles. The summed E-state index contributed by atoms with van der Waals surface area (Å²) >= 11 is 0. The van der Waals surface area contributed by atoms with Crippen LogP contribution in [-0.4, -0.2) is 22.1 Å². The van der Waals surface area contributed by atoms with Gasteiger partial charge in [-0.2, -0.15) is 0 Å². The Kier molecular flexibility index (Phi) is 2.72. The fourth-order valence-electron chi connectivity index (χ4n) is 2.20. The van der Waals surface area contributed by atoms with Crippen molar-refractivity contribution in [2.45, 2.75) is 12.2 Å². The van der Waals surface area contributed by atoms with Gasteiger partial charge >= 0.3 is 0 Å². The zero-order chi connectivity index (χ0) is 13.4. The number of ketones is 1. The first-order chi connectivity index (χ1) is 9.16. The van der Waals surface area contributed by atoms with E-state index < -0.39 is 18.0 Å². The van der Waals surface area contributed by atoms with Crippen molar-refractivity contribution in [3.63, 3.8) is 0 Å². The van der Waals surface area contributed by atoms with Crippen LogP contribution < -0.4 is 4.74 Å². The Labute approximate surface area is 109 Å². The standard InChI is InChI=1S/C15H12O4/c16-10-6-7-11-12(8-10)19-15(14(18)13(11)17)9-4-2-1-3-5-9/h1-8,14-16,18H/t14-,15+/m0/s1. The second kappa shape index (κ2) is 4.40. The highest BCUT2D eigenvalue weighted by Crippen LogP contribution is 2.36. The molecule has 0 saturated carbocycles. The third-order valence-electron chi connectivity index (χ3n) is 3.17. The summed E-state index contributed by atoms with van der Waals surface area (Å²) in [6.45, 7) is 0. The average molecular weight is 256 g/mol. The van der Waals surface area contributed by atoms with Crippen molar-refractivity contribution in [1.82, 2.24) is 0 Å². The fourth-order valence-corrected chi connectivity index (χ4v) is 2.20. The molecule has 0 unspecified atom stereocenters.